The van der Waals surface area contributed by atoms with Crippen LogP contribution in [0.4, 0.5) is 0 Å². The Kier molecular flexibility index (Phi) is 15.8. The van der Waals surface area contributed by atoms with Crippen molar-refractivity contribution in [1.29, 1.82) is 0 Å². The fraction of sp³-hybridized carbons (Fsp3) is 0.840. The molecule has 0 aliphatic heterocycles. The zero-order chi connectivity index (χ0) is 25.1. The highest BCUT2D eigenvalue weighted by Gasteiger charge is 2.53. The first-order chi connectivity index (χ1) is 17.2. The number of hydrogen-bond acceptors (Lipinski definition) is 10. The molecule has 0 saturated heterocycles. The monoisotopic (exact) mass is 502 g/mol. The Bertz CT molecular complexity index is 561. The fourth-order valence-corrected chi connectivity index (χ4v) is 4.23. The number of allylic oxidation sites excluding steroid dienone is 2. The molecule has 0 aromatic carbocycles. The van der Waals surface area contributed by atoms with E-state index in [9.17, 15) is 9.59 Å². The third-order valence-electron chi connectivity index (χ3n) is 5.84. The van der Waals surface area contributed by atoms with Crippen molar-refractivity contribution in [3.63, 3.8) is 0 Å². The molecule has 0 heterocycles. The fourth-order valence-electron chi connectivity index (χ4n) is 4.23. The van der Waals surface area contributed by atoms with Crippen LogP contribution in [0.25, 0.3) is 0 Å². The first kappa shape index (κ1) is 29.7. The van der Waals surface area contributed by atoms with Crippen molar-refractivity contribution in [3.8, 4) is 0 Å². The lowest BCUT2D eigenvalue weighted by Gasteiger charge is -2.25. The van der Waals surface area contributed by atoms with Gasteiger partial charge in [-0.1, -0.05) is 12.2 Å². The van der Waals surface area contributed by atoms with E-state index in [1.54, 1.807) is 0 Å². The molecule has 0 spiro atoms. The number of esters is 2. The highest BCUT2D eigenvalue weighted by molar-refractivity contribution is 5.84. The lowest BCUT2D eigenvalue weighted by Crippen LogP contribution is -2.36. The Hall–Kier alpha value is -1.56. The van der Waals surface area contributed by atoms with E-state index < -0.39 is 11.8 Å². The van der Waals surface area contributed by atoms with E-state index in [4.69, 9.17) is 37.9 Å². The van der Waals surface area contributed by atoms with Gasteiger partial charge in [0.1, 0.15) is 13.2 Å². The molecule has 4 atom stereocenters. The standard InChI is InChI=1S/C25H42O10/c1-3-28-7-9-30-11-13-32-15-17-34-24(26)22-20-5-6-21(19-20)23(22)25(27)35-18-16-33-14-12-31-10-8-29-4-2/h5-6,20-23H,3-4,7-19H2,1-2H3/t20?,21?,22-,23-/m1/s1. The minimum absolute atomic E-state index is 0.00907. The van der Waals surface area contributed by atoms with E-state index in [1.807, 2.05) is 26.0 Å². The summed E-state index contributed by atoms with van der Waals surface area (Å²) in [5.41, 5.74) is 0. The Morgan fingerprint density at radius 1 is 0.543 bits per heavy atom. The van der Waals surface area contributed by atoms with Crippen molar-refractivity contribution in [2.75, 3.05) is 92.5 Å². The first-order valence-corrected chi connectivity index (χ1v) is 12.7. The molecule has 1 fully saturated rings. The average molecular weight is 503 g/mol. The Morgan fingerprint density at radius 2 is 0.857 bits per heavy atom. The molecule has 10 heteroatoms. The summed E-state index contributed by atoms with van der Waals surface area (Å²) in [4.78, 5) is 25.4. The van der Waals surface area contributed by atoms with E-state index in [1.165, 1.54) is 0 Å². The maximum absolute atomic E-state index is 12.7. The van der Waals surface area contributed by atoms with E-state index in [0.29, 0.717) is 66.1 Å². The van der Waals surface area contributed by atoms with Gasteiger partial charge >= 0.3 is 11.9 Å². The lowest BCUT2D eigenvalue weighted by molar-refractivity contribution is -0.163. The second-order valence-corrected chi connectivity index (χ2v) is 8.18. The summed E-state index contributed by atoms with van der Waals surface area (Å²) in [6, 6.07) is 0. The van der Waals surface area contributed by atoms with Crippen molar-refractivity contribution in [3.05, 3.63) is 12.2 Å². The van der Waals surface area contributed by atoms with E-state index in [0.717, 1.165) is 6.42 Å². The van der Waals surface area contributed by atoms with Crippen LogP contribution in [0.3, 0.4) is 0 Å². The number of carbonyl (C=O) groups is 2. The van der Waals surface area contributed by atoms with Crippen molar-refractivity contribution in [2.24, 2.45) is 23.7 Å². The van der Waals surface area contributed by atoms with Crippen LogP contribution in [0, 0.1) is 23.7 Å². The SMILES string of the molecule is CCOCCOCCOCCOC(=O)[C@@H]1C2C=CC(C2)[C@H]1C(=O)OCCOCCOCCOCC. The molecule has 0 aromatic heterocycles. The summed E-state index contributed by atoms with van der Waals surface area (Å²) in [5, 5.41) is 0. The Labute approximate surface area is 208 Å². The van der Waals surface area contributed by atoms with Crippen LogP contribution in [0.1, 0.15) is 20.3 Å². The summed E-state index contributed by atoms with van der Waals surface area (Å²) in [7, 11) is 0. The average Bonchev–Trinajstić information content (AvgIpc) is 3.48. The van der Waals surface area contributed by atoms with Crippen LogP contribution in [-0.4, -0.2) is 104 Å². The molecule has 0 amide bonds. The molecule has 10 nitrogen and oxygen atoms in total. The van der Waals surface area contributed by atoms with Gasteiger partial charge < -0.3 is 37.9 Å². The van der Waals surface area contributed by atoms with Crippen LogP contribution < -0.4 is 0 Å². The van der Waals surface area contributed by atoms with Gasteiger partial charge in [-0.2, -0.15) is 0 Å². The molecule has 2 aliphatic rings. The number of carbonyl (C=O) groups excluding carboxylic acids is 2. The van der Waals surface area contributed by atoms with Crippen LogP contribution in [-0.2, 0) is 47.5 Å². The topological polar surface area (TPSA) is 108 Å². The molecule has 0 N–H and O–H groups in total. The largest absolute Gasteiger partial charge is 0.463 e. The molecule has 1 saturated carbocycles. The third-order valence-corrected chi connectivity index (χ3v) is 5.84. The number of ether oxygens (including phenoxy) is 8. The van der Waals surface area contributed by atoms with E-state index >= 15 is 0 Å². The van der Waals surface area contributed by atoms with Crippen LogP contribution in [0.15, 0.2) is 12.2 Å². The summed E-state index contributed by atoms with van der Waals surface area (Å²) in [6.45, 7) is 9.95. The normalized spacial score (nSPS) is 22.6. The molecule has 2 bridgehead atoms. The van der Waals surface area contributed by atoms with Crippen molar-refractivity contribution in [1.82, 2.24) is 0 Å². The highest BCUT2D eigenvalue weighted by atomic mass is 16.6. The zero-order valence-corrected chi connectivity index (χ0v) is 21.2. The number of rotatable bonds is 22. The minimum atomic E-state index is -0.515. The molecule has 0 aromatic rings. The van der Waals surface area contributed by atoms with Gasteiger partial charge in [0.25, 0.3) is 0 Å². The molecule has 2 aliphatic carbocycles. The molecule has 202 valence electrons. The molecule has 35 heavy (non-hydrogen) atoms. The molecular weight excluding hydrogens is 460 g/mol. The smallest absolute Gasteiger partial charge is 0.310 e. The van der Waals surface area contributed by atoms with Gasteiger partial charge in [-0.25, -0.2) is 0 Å². The van der Waals surface area contributed by atoms with Gasteiger partial charge in [-0.15, -0.1) is 0 Å². The maximum Gasteiger partial charge on any atom is 0.310 e. The van der Waals surface area contributed by atoms with Crippen LogP contribution >= 0.6 is 0 Å². The van der Waals surface area contributed by atoms with Gasteiger partial charge in [-0.05, 0) is 32.1 Å². The Balaban J connectivity index is 1.57. The van der Waals surface area contributed by atoms with Gasteiger partial charge in [0.05, 0.1) is 77.9 Å². The van der Waals surface area contributed by atoms with Gasteiger partial charge in [0.2, 0.25) is 0 Å². The Morgan fingerprint density at radius 3 is 1.20 bits per heavy atom. The highest BCUT2D eigenvalue weighted by Crippen LogP contribution is 2.49. The van der Waals surface area contributed by atoms with Crippen molar-refractivity contribution >= 4 is 11.9 Å². The molecule has 2 rings (SSSR count). The molecule has 0 radical (unpaired) electrons. The number of fused-ring (bicyclic) bond motifs is 2. The molecular formula is C25H42O10. The summed E-state index contributed by atoms with van der Waals surface area (Å²) in [6.07, 6.45) is 4.78. The predicted octanol–water partition coefficient (Wildman–Crippen LogP) is 1.65. The predicted molar refractivity (Wildman–Crippen MR) is 126 cm³/mol. The number of hydrogen-bond donors (Lipinski definition) is 0. The van der Waals surface area contributed by atoms with Crippen LogP contribution in [0.2, 0.25) is 0 Å². The third kappa shape index (κ3) is 11.4. The van der Waals surface area contributed by atoms with Crippen molar-refractivity contribution < 1.29 is 47.5 Å². The lowest BCUT2D eigenvalue weighted by atomic mass is 9.83. The second-order valence-electron chi connectivity index (χ2n) is 8.18. The maximum atomic E-state index is 12.7. The van der Waals surface area contributed by atoms with Crippen molar-refractivity contribution in [2.45, 2.75) is 20.3 Å². The van der Waals surface area contributed by atoms with Gasteiger partial charge in [0.15, 0.2) is 0 Å². The first-order valence-electron chi connectivity index (χ1n) is 12.7. The zero-order valence-electron chi connectivity index (χ0n) is 21.2. The van der Waals surface area contributed by atoms with Gasteiger partial charge in [0, 0.05) is 13.2 Å². The second kappa shape index (κ2) is 18.7. The van der Waals surface area contributed by atoms with E-state index in [2.05, 4.69) is 0 Å². The minimum Gasteiger partial charge on any atom is -0.463 e. The summed E-state index contributed by atoms with van der Waals surface area (Å²) < 4.78 is 42.8. The van der Waals surface area contributed by atoms with E-state index in [-0.39, 0.29) is 50.2 Å². The molecule has 2 unspecified atom stereocenters. The quantitative estimate of drug-likeness (QED) is 0.123. The van der Waals surface area contributed by atoms with Crippen LogP contribution in [0.5, 0.6) is 0 Å². The summed E-state index contributed by atoms with van der Waals surface area (Å²) >= 11 is 0. The summed E-state index contributed by atoms with van der Waals surface area (Å²) in [5.74, 6) is -1.76. The van der Waals surface area contributed by atoms with Gasteiger partial charge in [-0.3, -0.25) is 9.59 Å².